The molecular formula is C75H60BNO. The van der Waals surface area contributed by atoms with E-state index >= 15 is 0 Å². The largest absolute Gasteiger partial charge is 0.458 e. The molecule has 0 saturated heterocycles. The number of aryl methyl sites for hydroxylation is 9. The minimum Gasteiger partial charge on any atom is -0.458 e. The number of benzene rings is 11. The fraction of sp³-hybridized carbons (Fsp3) is 0.120. The molecule has 78 heavy (non-hydrogen) atoms. The van der Waals surface area contributed by atoms with E-state index in [2.05, 4.69) is 267 Å². The second-order valence-corrected chi connectivity index (χ2v) is 22.6. The Labute approximate surface area is 459 Å². The van der Waals surface area contributed by atoms with Crippen LogP contribution in [-0.2, 0) is 0 Å². The van der Waals surface area contributed by atoms with Crippen molar-refractivity contribution < 1.29 is 4.74 Å². The standard InChI is InChI=1S/C75H60BNO/c1-43-30-46(4)70(47(5)31-43)54-28-29-67-62(36-54)63-38-56(71-48(6)32-44(2)33-49(71)7)40-65-74(63)77(67)68-41-57(72-50(8)34-45(3)35-51(72)9)42-69-73(68)76(65)66-39-55(60-26-17-16-24-58(60)52-20-12-10-13-21-52)37-64(75(66)78-69)61-27-19-18-25-59(61)53-22-14-11-15-23-53/h10-42H,1-9H3. The number of hydrogen-bond acceptors (Lipinski definition) is 1. The van der Waals surface area contributed by atoms with Gasteiger partial charge < -0.3 is 9.30 Å². The van der Waals surface area contributed by atoms with Gasteiger partial charge in [-0.1, -0.05) is 180 Å². The van der Waals surface area contributed by atoms with Gasteiger partial charge in [0.1, 0.15) is 11.5 Å². The van der Waals surface area contributed by atoms with Crippen molar-refractivity contribution in [3.05, 3.63) is 250 Å². The van der Waals surface area contributed by atoms with E-state index in [1.54, 1.807) is 0 Å². The zero-order valence-corrected chi connectivity index (χ0v) is 46.0. The number of nitrogens with zero attached hydrogens (tertiary/aromatic N) is 1. The van der Waals surface area contributed by atoms with Gasteiger partial charge in [-0.25, -0.2) is 0 Å². The van der Waals surface area contributed by atoms with Gasteiger partial charge in [0.2, 0.25) is 0 Å². The summed E-state index contributed by atoms with van der Waals surface area (Å²) in [7, 11) is 0. The van der Waals surface area contributed by atoms with Gasteiger partial charge in [-0.15, -0.1) is 0 Å². The number of aromatic nitrogens is 1. The predicted octanol–water partition coefficient (Wildman–Crippen LogP) is 18.2. The molecule has 2 aliphatic heterocycles. The van der Waals surface area contributed by atoms with Gasteiger partial charge in [-0.3, -0.25) is 0 Å². The molecule has 0 atom stereocenters. The lowest BCUT2D eigenvalue weighted by atomic mass is 9.34. The van der Waals surface area contributed by atoms with Gasteiger partial charge in [0.25, 0.3) is 6.71 Å². The van der Waals surface area contributed by atoms with Crippen molar-refractivity contribution in [1.82, 2.24) is 4.57 Å². The second-order valence-electron chi connectivity index (χ2n) is 22.6. The zero-order chi connectivity index (χ0) is 53.2. The summed E-state index contributed by atoms with van der Waals surface area (Å²) in [4.78, 5) is 0. The van der Waals surface area contributed by atoms with Crippen LogP contribution in [0.5, 0.6) is 11.5 Å². The van der Waals surface area contributed by atoms with E-state index < -0.39 is 0 Å². The molecule has 2 nitrogen and oxygen atoms in total. The molecule has 0 fully saturated rings. The van der Waals surface area contributed by atoms with Crippen LogP contribution in [0.2, 0.25) is 0 Å². The normalized spacial score (nSPS) is 12.2. The summed E-state index contributed by atoms with van der Waals surface area (Å²) in [5, 5.41) is 2.51. The molecule has 0 bridgehead atoms. The summed E-state index contributed by atoms with van der Waals surface area (Å²) in [6, 6.07) is 75.6. The van der Waals surface area contributed by atoms with Crippen LogP contribution >= 0.6 is 0 Å². The third-order valence-electron chi connectivity index (χ3n) is 17.0. The molecule has 11 aromatic carbocycles. The monoisotopic (exact) mass is 1000 g/mol. The molecule has 0 spiro atoms. The van der Waals surface area contributed by atoms with Crippen molar-refractivity contribution in [3.8, 4) is 95.1 Å². The zero-order valence-electron chi connectivity index (χ0n) is 46.0. The van der Waals surface area contributed by atoms with E-state index in [0.29, 0.717) is 0 Å². The van der Waals surface area contributed by atoms with Crippen molar-refractivity contribution in [2.75, 3.05) is 0 Å². The van der Waals surface area contributed by atoms with E-state index in [1.165, 1.54) is 133 Å². The highest BCUT2D eigenvalue weighted by Crippen LogP contribution is 2.48. The van der Waals surface area contributed by atoms with E-state index in [1.807, 2.05) is 0 Å². The van der Waals surface area contributed by atoms with Crippen molar-refractivity contribution >= 4 is 44.9 Å². The Bertz CT molecular complexity index is 4430. The third kappa shape index (κ3) is 7.47. The molecule has 2 aliphatic rings. The average molecular weight is 1000 g/mol. The van der Waals surface area contributed by atoms with Crippen LogP contribution in [0.15, 0.2) is 200 Å². The number of ether oxygens (including phenoxy) is 1. The molecule has 0 unspecified atom stereocenters. The molecule has 3 heteroatoms. The maximum Gasteiger partial charge on any atom is 0.256 e. The number of fused-ring (bicyclic) bond motifs is 7. The van der Waals surface area contributed by atoms with E-state index in [9.17, 15) is 0 Å². The lowest BCUT2D eigenvalue weighted by Crippen LogP contribution is -2.58. The van der Waals surface area contributed by atoms with Crippen LogP contribution in [-0.4, -0.2) is 11.3 Å². The maximum absolute atomic E-state index is 7.84. The fourth-order valence-corrected chi connectivity index (χ4v) is 14.3. The lowest BCUT2D eigenvalue weighted by molar-refractivity contribution is 0.489. The van der Waals surface area contributed by atoms with Crippen molar-refractivity contribution in [3.63, 3.8) is 0 Å². The van der Waals surface area contributed by atoms with Gasteiger partial charge in [-0.2, -0.15) is 0 Å². The van der Waals surface area contributed by atoms with Crippen LogP contribution < -0.4 is 21.1 Å². The summed E-state index contributed by atoms with van der Waals surface area (Å²) in [5.74, 6) is 1.79. The summed E-state index contributed by atoms with van der Waals surface area (Å²) in [6.45, 7) is 20.1. The molecule has 0 amide bonds. The quantitative estimate of drug-likeness (QED) is 0.145. The Kier molecular flexibility index (Phi) is 11.0. The highest BCUT2D eigenvalue weighted by atomic mass is 16.5. The molecule has 3 heterocycles. The summed E-state index contributed by atoms with van der Waals surface area (Å²) in [6.07, 6.45) is 0. The summed E-state index contributed by atoms with van der Waals surface area (Å²) >= 11 is 0. The molecular weight excluding hydrogens is 942 g/mol. The van der Waals surface area contributed by atoms with Crippen LogP contribution in [0.25, 0.3) is 105 Å². The number of hydrogen-bond donors (Lipinski definition) is 0. The third-order valence-corrected chi connectivity index (χ3v) is 17.0. The van der Waals surface area contributed by atoms with Gasteiger partial charge in [0.05, 0.1) is 5.52 Å². The van der Waals surface area contributed by atoms with Crippen molar-refractivity contribution in [2.45, 2.75) is 62.3 Å². The van der Waals surface area contributed by atoms with Gasteiger partial charge in [0.15, 0.2) is 0 Å². The Morgan fingerprint density at radius 3 is 1.33 bits per heavy atom. The van der Waals surface area contributed by atoms with Crippen molar-refractivity contribution in [1.29, 1.82) is 0 Å². The smallest absolute Gasteiger partial charge is 0.256 e. The average Bonchev–Trinajstić information content (AvgIpc) is 3.36. The molecule has 0 N–H and O–H groups in total. The topological polar surface area (TPSA) is 14.2 Å². The minimum atomic E-state index is -0.189. The van der Waals surface area contributed by atoms with Crippen LogP contribution in [0, 0.1) is 62.3 Å². The van der Waals surface area contributed by atoms with E-state index in [-0.39, 0.29) is 6.71 Å². The van der Waals surface area contributed by atoms with E-state index in [0.717, 1.165) is 50.5 Å². The Hall–Kier alpha value is -8.92. The molecule has 374 valence electrons. The van der Waals surface area contributed by atoms with Gasteiger partial charge >= 0.3 is 0 Å². The Morgan fingerprint density at radius 2 is 0.782 bits per heavy atom. The predicted molar refractivity (Wildman–Crippen MR) is 333 cm³/mol. The van der Waals surface area contributed by atoms with Gasteiger partial charge in [0, 0.05) is 27.5 Å². The summed E-state index contributed by atoms with van der Waals surface area (Å²) in [5.41, 5.74) is 35.5. The molecule has 12 aromatic rings. The molecule has 0 saturated carbocycles. The van der Waals surface area contributed by atoms with Crippen LogP contribution in [0.1, 0.15) is 50.1 Å². The fourth-order valence-electron chi connectivity index (χ4n) is 14.3. The maximum atomic E-state index is 7.84. The Balaban J connectivity index is 1.15. The first-order valence-electron chi connectivity index (χ1n) is 27.6. The molecule has 14 rings (SSSR count). The Morgan fingerprint density at radius 1 is 0.333 bits per heavy atom. The lowest BCUT2D eigenvalue weighted by Gasteiger charge is -2.36. The molecule has 1 aromatic heterocycles. The first kappa shape index (κ1) is 47.5. The minimum absolute atomic E-state index is 0.189. The van der Waals surface area contributed by atoms with Crippen molar-refractivity contribution in [2.24, 2.45) is 0 Å². The highest BCUT2D eigenvalue weighted by Gasteiger charge is 2.43. The van der Waals surface area contributed by atoms with Crippen LogP contribution in [0.3, 0.4) is 0 Å². The first-order valence-corrected chi connectivity index (χ1v) is 27.6. The number of rotatable bonds is 7. The molecule has 0 radical (unpaired) electrons. The van der Waals surface area contributed by atoms with Gasteiger partial charge in [-0.05, 0) is 221 Å². The van der Waals surface area contributed by atoms with Crippen LogP contribution in [0.4, 0.5) is 0 Å². The first-order chi connectivity index (χ1) is 37.9. The summed E-state index contributed by atoms with van der Waals surface area (Å²) < 4.78 is 10.4. The second kappa shape index (κ2) is 18.1. The highest BCUT2D eigenvalue weighted by molar-refractivity contribution is 6.99. The molecule has 0 aliphatic carbocycles. The van der Waals surface area contributed by atoms with E-state index in [4.69, 9.17) is 4.74 Å². The SMILES string of the molecule is Cc1cc(C)c(-c2cc3c4c(c2)-n2c5ccc(-c6c(C)cc(C)cc6C)cc5c5cc(-c6c(C)cc(C)cc6C)cc(c52)B4c2cc(-c4ccccc4-c4ccccc4)cc(-c4ccccc4-c4ccccc4)c2O3)c(C)c1.